The Morgan fingerprint density at radius 2 is 2.30 bits per heavy atom. The van der Waals surface area contributed by atoms with E-state index in [0.29, 0.717) is 11.0 Å². The van der Waals surface area contributed by atoms with Gasteiger partial charge in [0.05, 0.1) is 5.69 Å². The standard InChI is InChI=1S/C5H7ClN2S.ClH/c1-3-4(2-7)9-5(6)8-3;/h2,7H2,1H3;1H. The van der Waals surface area contributed by atoms with Crippen molar-refractivity contribution in [1.82, 2.24) is 4.98 Å². The van der Waals surface area contributed by atoms with Crippen molar-refractivity contribution in [3.05, 3.63) is 15.0 Å². The maximum atomic E-state index is 5.60. The number of nitrogens with zero attached hydrogens (tertiary/aromatic N) is 1. The SMILES string of the molecule is Cc1nc(Cl)sc1CN.Cl. The van der Waals surface area contributed by atoms with E-state index in [2.05, 4.69) is 4.98 Å². The molecule has 0 aliphatic carbocycles. The molecule has 0 bridgehead atoms. The highest BCUT2D eigenvalue weighted by molar-refractivity contribution is 7.15. The van der Waals surface area contributed by atoms with Crippen molar-refractivity contribution in [2.45, 2.75) is 13.5 Å². The molecule has 1 aromatic rings. The molecule has 5 heteroatoms. The first-order valence-corrected chi connectivity index (χ1v) is 3.75. The van der Waals surface area contributed by atoms with Crippen molar-refractivity contribution >= 4 is 35.3 Å². The number of thiazole rings is 1. The Morgan fingerprint density at radius 3 is 2.50 bits per heavy atom. The van der Waals surface area contributed by atoms with Gasteiger partial charge in [-0.15, -0.1) is 23.7 Å². The van der Waals surface area contributed by atoms with Gasteiger partial charge in [-0.25, -0.2) is 4.98 Å². The van der Waals surface area contributed by atoms with E-state index in [9.17, 15) is 0 Å². The topological polar surface area (TPSA) is 38.9 Å². The normalized spacial score (nSPS) is 9.10. The quantitative estimate of drug-likeness (QED) is 0.751. The number of hydrogen-bond acceptors (Lipinski definition) is 3. The van der Waals surface area contributed by atoms with Gasteiger partial charge >= 0.3 is 0 Å². The largest absolute Gasteiger partial charge is 0.326 e. The second-order valence-electron chi connectivity index (χ2n) is 1.68. The summed E-state index contributed by atoms with van der Waals surface area (Å²) in [4.78, 5) is 5.06. The van der Waals surface area contributed by atoms with Crippen LogP contribution in [0.25, 0.3) is 0 Å². The van der Waals surface area contributed by atoms with Crippen molar-refractivity contribution < 1.29 is 0 Å². The maximum Gasteiger partial charge on any atom is 0.184 e. The highest BCUT2D eigenvalue weighted by Crippen LogP contribution is 2.20. The molecule has 0 aliphatic rings. The molecule has 0 aromatic carbocycles. The van der Waals surface area contributed by atoms with Crippen LogP contribution in [0.1, 0.15) is 10.6 Å². The number of aryl methyl sites for hydroxylation is 1. The Labute approximate surface area is 74.8 Å². The lowest BCUT2D eigenvalue weighted by molar-refractivity contribution is 1.06. The molecule has 0 radical (unpaired) electrons. The van der Waals surface area contributed by atoms with Crippen molar-refractivity contribution in [2.24, 2.45) is 5.73 Å². The van der Waals surface area contributed by atoms with Gasteiger partial charge in [-0.05, 0) is 6.92 Å². The molecule has 1 rings (SSSR count). The van der Waals surface area contributed by atoms with E-state index in [1.54, 1.807) is 0 Å². The lowest BCUT2D eigenvalue weighted by Crippen LogP contribution is -1.94. The van der Waals surface area contributed by atoms with Gasteiger partial charge in [0.1, 0.15) is 0 Å². The predicted molar refractivity (Wildman–Crippen MR) is 47.0 cm³/mol. The summed E-state index contributed by atoms with van der Waals surface area (Å²) in [5, 5.41) is 0. The van der Waals surface area contributed by atoms with E-state index >= 15 is 0 Å². The zero-order valence-corrected chi connectivity index (χ0v) is 7.82. The van der Waals surface area contributed by atoms with E-state index < -0.39 is 0 Å². The Balaban J connectivity index is 0.000000810. The molecule has 0 amide bonds. The molecule has 58 valence electrons. The third-order valence-corrected chi connectivity index (χ3v) is 2.34. The molecule has 2 nitrogen and oxygen atoms in total. The van der Waals surface area contributed by atoms with Gasteiger partial charge in [-0.2, -0.15) is 0 Å². The first-order valence-electron chi connectivity index (χ1n) is 2.56. The van der Waals surface area contributed by atoms with Gasteiger partial charge in [-0.3, -0.25) is 0 Å². The molecule has 1 heterocycles. The lowest BCUT2D eigenvalue weighted by Gasteiger charge is -1.85. The maximum absolute atomic E-state index is 5.60. The summed E-state index contributed by atoms with van der Waals surface area (Å²) < 4.78 is 0.577. The summed E-state index contributed by atoms with van der Waals surface area (Å²) in [6.07, 6.45) is 0. The fraction of sp³-hybridized carbons (Fsp3) is 0.400. The van der Waals surface area contributed by atoms with Crippen LogP contribution in [0.5, 0.6) is 0 Å². The first kappa shape index (κ1) is 10.2. The third kappa shape index (κ3) is 2.09. The van der Waals surface area contributed by atoms with Crippen LogP contribution in [0.3, 0.4) is 0 Å². The molecule has 0 fully saturated rings. The third-order valence-electron chi connectivity index (χ3n) is 1.05. The minimum atomic E-state index is 0. The lowest BCUT2D eigenvalue weighted by atomic mass is 10.4. The molecule has 2 N–H and O–H groups in total. The second kappa shape index (κ2) is 4.13. The van der Waals surface area contributed by atoms with Crippen LogP contribution in [-0.2, 0) is 6.54 Å². The Kier molecular flexibility index (Phi) is 4.20. The molecule has 10 heavy (non-hydrogen) atoms. The summed E-state index contributed by atoms with van der Waals surface area (Å²) in [5.74, 6) is 0. The number of aromatic nitrogens is 1. The second-order valence-corrected chi connectivity index (χ2v) is 3.35. The van der Waals surface area contributed by atoms with E-state index in [-0.39, 0.29) is 12.4 Å². The highest BCUT2D eigenvalue weighted by atomic mass is 35.5. The van der Waals surface area contributed by atoms with Gasteiger partial charge < -0.3 is 5.73 Å². The zero-order chi connectivity index (χ0) is 6.85. The van der Waals surface area contributed by atoms with Crippen molar-refractivity contribution in [2.75, 3.05) is 0 Å². The molecule has 1 aromatic heterocycles. The molecular weight excluding hydrogens is 191 g/mol. The minimum absolute atomic E-state index is 0. The molecule has 0 atom stereocenters. The fourth-order valence-corrected chi connectivity index (χ4v) is 1.65. The molecule has 0 aliphatic heterocycles. The summed E-state index contributed by atoms with van der Waals surface area (Å²) >= 11 is 7.04. The van der Waals surface area contributed by atoms with Crippen LogP contribution in [-0.4, -0.2) is 4.98 Å². The van der Waals surface area contributed by atoms with Crippen LogP contribution >= 0.6 is 35.3 Å². The monoisotopic (exact) mass is 198 g/mol. The molecule has 0 spiro atoms. The van der Waals surface area contributed by atoms with Crippen LogP contribution in [0, 0.1) is 6.92 Å². The predicted octanol–water partition coefficient (Wildman–Crippen LogP) is 1.99. The Hall–Kier alpha value is 0.170. The molecular formula is C5H8Cl2N2S. The van der Waals surface area contributed by atoms with Crippen LogP contribution in [0.2, 0.25) is 4.47 Å². The van der Waals surface area contributed by atoms with Crippen LogP contribution in [0.15, 0.2) is 0 Å². The summed E-state index contributed by atoms with van der Waals surface area (Å²) in [7, 11) is 0. The molecule has 0 saturated carbocycles. The van der Waals surface area contributed by atoms with Crippen LogP contribution in [0.4, 0.5) is 0 Å². The van der Waals surface area contributed by atoms with Gasteiger partial charge in [0.25, 0.3) is 0 Å². The molecule has 0 unspecified atom stereocenters. The van der Waals surface area contributed by atoms with E-state index in [1.807, 2.05) is 6.92 Å². The first-order chi connectivity index (χ1) is 4.24. The Bertz CT molecular complexity index is 211. The van der Waals surface area contributed by atoms with Gasteiger partial charge in [0.2, 0.25) is 0 Å². The summed E-state index contributed by atoms with van der Waals surface area (Å²) in [6.45, 7) is 2.45. The number of halogens is 2. The summed E-state index contributed by atoms with van der Waals surface area (Å²) in [6, 6.07) is 0. The molecule has 0 saturated heterocycles. The van der Waals surface area contributed by atoms with E-state index in [4.69, 9.17) is 17.3 Å². The summed E-state index contributed by atoms with van der Waals surface area (Å²) in [5.41, 5.74) is 6.33. The number of rotatable bonds is 1. The van der Waals surface area contributed by atoms with E-state index in [1.165, 1.54) is 11.3 Å². The average Bonchev–Trinajstić information content (AvgIpc) is 2.10. The minimum Gasteiger partial charge on any atom is -0.326 e. The highest BCUT2D eigenvalue weighted by Gasteiger charge is 2.01. The Morgan fingerprint density at radius 1 is 1.70 bits per heavy atom. The van der Waals surface area contributed by atoms with Gasteiger partial charge in [0.15, 0.2) is 4.47 Å². The van der Waals surface area contributed by atoms with Gasteiger partial charge in [-0.1, -0.05) is 11.6 Å². The zero-order valence-electron chi connectivity index (χ0n) is 5.43. The smallest absolute Gasteiger partial charge is 0.184 e. The van der Waals surface area contributed by atoms with E-state index in [0.717, 1.165) is 10.6 Å². The van der Waals surface area contributed by atoms with Crippen molar-refractivity contribution in [3.8, 4) is 0 Å². The van der Waals surface area contributed by atoms with Crippen molar-refractivity contribution in [3.63, 3.8) is 0 Å². The number of nitrogens with two attached hydrogens (primary N) is 1. The van der Waals surface area contributed by atoms with Crippen molar-refractivity contribution in [1.29, 1.82) is 0 Å². The fourth-order valence-electron chi connectivity index (χ4n) is 0.582. The van der Waals surface area contributed by atoms with Gasteiger partial charge in [0, 0.05) is 11.4 Å². The number of hydrogen-bond donors (Lipinski definition) is 1. The van der Waals surface area contributed by atoms with Crippen LogP contribution < -0.4 is 5.73 Å². The average molecular weight is 199 g/mol.